The molecule has 0 spiro atoms. The van der Waals surface area contributed by atoms with E-state index in [2.05, 4.69) is 16.1 Å². The molecule has 2 N–H and O–H groups in total. The minimum atomic E-state index is -0.482. The van der Waals surface area contributed by atoms with Gasteiger partial charge in [-0.3, -0.25) is 9.69 Å². The number of nitrogens with zero attached hydrogens (tertiary/aromatic N) is 1. The summed E-state index contributed by atoms with van der Waals surface area (Å²) >= 11 is 0. The maximum atomic E-state index is 11.9. The van der Waals surface area contributed by atoms with Crippen molar-refractivity contribution in [3.63, 3.8) is 0 Å². The Bertz CT molecular complexity index is 377. The molecular formula is C15H24N2O2. The first-order valence-electron chi connectivity index (χ1n) is 7.24. The Morgan fingerprint density at radius 1 is 1.58 bits per heavy atom. The van der Waals surface area contributed by atoms with Gasteiger partial charge in [-0.25, -0.2) is 0 Å². The van der Waals surface area contributed by atoms with E-state index in [4.69, 9.17) is 6.42 Å². The molecule has 2 rings (SSSR count). The molecule has 1 saturated carbocycles. The number of carbonyl (C=O) groups is 1. The molecule has 1 saturated heterocycles. The highest BCUT2D eigenvalue weighted by Gasteiger charge is 2.44. The van der Waals surface area contributed by atoms with Gasteiger partial charge in [-0.15, -0.1) is 6.42 Å². The van der Waals surface area contributed by atoms with Gasteiger partial charge in [-0.05, 0) is 26.2 Å². The molecule has 0 aromatic rings. The van der Waals surface area contributed by atoms with Crippen molar-refractivity contribution in [3.05, 3.63) is 0 Å². The van der Waals surface area contributed by atoms with Gasteiger partial charge in [0.1, 0.15) is 0 Å². The summed E-state index contributed by atoms with van der Waals surface area (Å²) in [6.07, 6.45) is 10.2. The fourth-order valence-corrected chi connectivity index (χ4v) is 3.40. The first kappa shape index (κ1) is 14.4. The van der Waals surface area contributed by atoms with E-state index in [0.717, 1.165) is 38.8 Å². The zero-order chi connectivity index (χ0) is 13.9. The van der Waals surface area contributed by atoms with Crippen LogP contribution in [0.1, 0.15) is 39.0 Å². The molecule has 1 aliphatic heterocycles. The lowest BCUT2D eigenvalue weighted by atomic mass is 9.71. The van der Waals surface area contributed by atoms with Crippen LogP contribution < -0.4 is 5.32 Å². The molecule has 0 radical (unpaired) electrons. The second-order valence-electron chi connectivity index (χ2n) is 5.89. The van der Waals surface area contributed by atoms with Crippen molar-refractivity contribution in [2.75, 3.05) is 19.6 Å². The number of hydrogen-bond acceptors (Lipinski definition) is 3. The summed E-state index contributed by atoms with van der Waals surface area (Å²) in [6, 6.07) is -0.167. The van der Waals surface area contributed by atoms with E-state index < -0.39 is 5.60 Å². The van der Waals surface area contributed by atoms with E-state index in [1.807, 2.05) is 6.92 Å². The molecule has 106 valence electrons. The summed E-state index contributed by atoms with van der Waals surface area (Å²) in [5.41, 5.74) is -0.482. The number of fused-ring (bicyclic) bond motifs is 1. The molecule has 2 fully saturated rings. The molecule has 0 aromatic carbocycles. The highest BCUT2D eigenvalue weighted by molar-refractivity contribution is 5.81. The summed E-state index contributed by atoms with van der Waals surface area (Å²) in [5, 5.41) is 13.3. The van der Waals surface area contributed by atoms with E-state index >= 15 is 0 Å². The van der Waals surface area contributed by atoms with E-state index in [1.54, 1.807) is 0 Å². The van der Waals surface area contributed by atoms with Crippen LogP contribution in [0.25, 0.3) is 0 Å². The minimum Gasteiger partial charge on any atom is -0.390 e. The Balaban J connectivity index is 1.93. The largest absolute Gasteiger partial charge is 0.390 e. The van der Waals surface area contributed by atoms with Crippen LogP contribution in [0.3, 0.4) is 0 Å². The van der Waals surface area contributed by atoms with Gasteiger partial charge < -0.3 is 10.4 Å². The molecule has 19 heavy (non-hydrogen) atoms. The first-order chi connectivity index (χ1) is 9.07. The Morgan fingerprint density at radius 3 is 3.11 bits per heavy atom. The van der Waals surface area contributed by atoms with Gasteiger partial charge >= 0.3 is 0 Å². The molecule has 1 aliphatic carbocycles. The normalized spacial score (nSPS) is 33.0. The third-order valence-corrected chi connectivity index (χ3v) is 4.75. The summed E-state index contributed by atoms with van der Waals surface area (Å²) in [4.78, 5) is 14.1. The average molecular weight is 264 g/mol. The number of nitrogens with one attached hydrogen (secondary N) is 1. The van der Waals surface area contributed by atoms with Crippen LogP contribution in [0.5, 0.6) is 0 Å². The third-order valence-electron chi connectivity index (χ3n) is 4.75. The van der Waals surface area contributed by atoms with Crippen LogP contribution in [0.15, 0.2) is 0 Å². The Hall–Kier alpha value is -1.05. The predicted molar refractivity (Wildman–Crippen MR) is 74.4 cm³/mol. The van der Waals surface area contributed by atoms with Gasteiger partial charge in [0.2, 0.25) is 5.91 Å². The molecule has 4 nitrogen and oxygen atoms in total. The maximum Gasteiger partial charge on any atom is 0.237 e. The lowest BCUT2D eigenvalue weighted by Crippen LogP contribution is -2.57. The van der Waals surface area contributed by atoms with E-state index in [-0.39, 0.29) is 18.5 Å². The third kappa shape index (κ3) is 3.10. The summed E-state index contributed by atoms with van der Waals surface area (Å²) in [5.74, 6) is 2.72. The molecule has 0 bridgehead atoms. The molecule has 3 atom stereocenters. The molecule has 3 unspecified atom stereocenters. The standard InChI is InChI=1S/C15H24N2O2/c1-3-9-16-14(18)12(2)17-10-8-15(19)7-5-4-6-13(15)11-17/h1,12-13,19H,4-11H2,2H3,(H,16,18). The molecule has 2 aliphatic rings. The fourth-order valence-electron chi connectivity index (χ4n) is 3.40. The molecule has 4 heteroatoms. The predicted octanol–water partition coefficient (Wildman–Crippen LogP) is 0.751. The number of terminal acetylenes is 1. The van der Waals surface area contributed by atoms with Crippen molar-refractivity contribution >= 4 is 5.91 Å². The highest BCUT2D eigenvalue weighted by Crippen LogP contribution is 2.40. The van der Waals surface area contributed by atoms with E-state index in [0.29, 0.717) is 5.92 Å². The Morgan fingerprint density at radius 2 is 2.37 bits per heavy atom. The molecular weight excluding hydrogens is 240 g/mol. The number of hydrogen-bond donors (Lipinski definition) is 2. The van der Waals surface area contributed by atoms with Crippen LogP contribution in [-0.2, 0) is 4.79 Å². The Labute approximate surface area is 115 Å². The lowest BCUT2D eigenvalue weighted by Gasteiger charge is -2.48. The molecule has 1 amide bonds. The quantitative estimate of drug-likeness (QED) is 0.740. The lowest BCUT2D eigenvalue weighted by molar-refractivity contribution is -0.133. The van der Waals surface area contributed by atoms with Gasteiger partial charge in [-0.1, -0.05) is 18.8 Å². The number of carbonyl (C=O) groups excluding carboxylic acids is 1. The maximum absolute atomic E-state index is 11.9. The summed E-state index contributed by atoms with van der Waals surface area (Å²) < 4.78 is 0. The van der Waals surface area contributed by atoms with E-state index in [9.17, 15) is 9.90 Å². The van der Waals surface area contributed by atoms with Crippen molar-refractivity contribution < 1.29 is 9.90 Å². The van der Waals surface area contributed by atoms with Crippen LogP contribution in [0, 0.1) is 18.3 Å². The second-order valence-corrected chi connectivity index (χ2v) is 5.89. The summed E-state index contributed by atoms with van der Waals surface area (Å²) in [7, 11) is 0. The number of aliphatic hydroxyl groups is 1. The zero-order valence-corrected chi connectivity index (χ0v) is 11.7. The van der Waals surface area contributed by atoms with Gasteiger partial charge in [0.15, 0.2) is 0 Å². The number of amides is 1. The topological polar surface area (TPSA) is 52.6 Å². The van der Waals surface area contributed by atoms with Crippen LogP contribution in [-0.4, -0.2) is 47.2 Å². The minimum absolute atomic E-state index is 0.0146. The number of piperidine rings is 1. The zero-order valence-electron chi connectivity index (χ0n) is 11.7. The highest BCUT2D eigenvalue weighted by atomic mass is 16.3. The van der Waals surface area contributed by atoms with Gasteiger partial charge in [0.25, 0.3) is 0 Å². The van der Waals surface area contributed by atoms with Crippen molar-refractivity contribution in [1.82, 2.24) is 10.2 Å². The van der Waals surface area contributed by atoms with Gasteiger partial charge in [0.05, 0.1) is 18.2 Å². The molecule has 1 heterocycles. The van der Waals surface area contributed by atoms with Crippen LogP contribution in [0.4, 0.5) is 0 Å². The van der Waals surface area contributed by atoms with Crippen molar-refractivity contribution in [2.45, 2.75) is 50.7 Å². The van der Waals surface area contributed by atoms with Crippen LogP contribution >= 0.6 is 0 Å². The SMILES string of the molecule is C#CCNC(=O)C(C)N1CCC2(O)CCCCC2C1. The van der Waals surface area contributed by atoms with Crippen LogP contribution in [0.2, 0.25) is 0 Å². The van der Waals surface area contributed by atoms with Crippen molar-refractivity contribution in [3.8, 4) is 12.3 Å². The fraction of sp³-hybridized carbons (Fsp3) is 0.800. The Kier molecular flexibility index (Phi) is 4.49. The van der Waals surface area contributed by atoms with Gasteiger partial charge in [0, 0.05) is 19.0 Å². The summed E-state index contributed by atoms with van der Waals surface area (Å²) in [6.45, 7) is 3.81. The average Bonchev–Trinajstić information content (AvgIpc) is 2.42. The van der Waals surface area contributed by atoms with Gasteiger partial charge in [-0.2, -0.15) is 0 Å². The number of likely N-dealkylation sites (tertiary alicyclic amines) is 1. The van der Waals surface area contributed by atoms with Crippen molar-refractivity contribution in [1.29, 1.82) is 0 Å². The molecule has 0 aromatic heterocycles. The first-order valence-corrected chi connectivity index (χ1v) is 7.24. The van der Waals surface area contributed by atoms with Crippen molar-refractivity contribution in [2.24, 2.45) is 5.92 Å². The smallest absolute Gasteiger partial charge is 0.237 e. The second kappa shape index (κ2) is 5.94. The van der Waals surface area contributed by atoms with E-state index in [1.165, 1.54) is 6.42 Å². The number of rotatable bonds is 3. The monoisotopic (exact) mass is 264 g/mol.